The van der Waals surface area contributed by atoms with Crippen molar-refractivity contribution in [2.45, 2.75) is 45.2 Å². The maximum absolute atomic E-state index is 13.5. The number of halogens is 6. The van der Waals surface area contributed by atoms with E-state index in [1.165, 1.54) is 11.9 Å². The molecule has 0 atom stereocenters. The van der Waals surface area contributed by atoms with Gasteiger partial charge in [-0.25, -0.2) is 4.98 Å². The van der Waals surface area contributed by atoms with Crippen LogP contribution in [0.15, 0.2) is 24.3 Å². The Labute approximate surface area is 218 Å². The molecule has 5 rings (SSSR count). The normalized spacial score (nSPS) is 14.3. The summed E-state index contributed by atoms with van der Waals surface area (Å²) in [5.74, 6) is 1.11. The van der Waals surface area contributed by atoms with Gasteiger partial charge in [0.1, 0.15) is 5.82 Å². The van der Waals surface area contributed by atoms with E-state index in [-0.39, 0.29) is 30.7 Å². The van der Waals surface area contributed by atoms with E-state index in [0.717, 1.165) is 28.7 Å². The van der Waals surface area contributed by atoms with Crippen LogP contribution >= 0.6 is 0 Å². The van der Waals surface area contributed by atoms with Crippen molar-refractivity contribution in [2.24, 2.45) is 20.0 Å². The van der Waals surface area contributed by atoms with E-state index in [0.29, 0.717) is 41.6 Å². The Bertz CT molecular complexity index is 1470. The number of pyridine rings is 1. The fourth-order valence-corrected chi connectivity index (χ4v) is 4.36. The summed E-state index contributed by atoms with van der Waals surface area (Å²) in [6, 6.07) is 3.39. The van der Waals surface area contributed by atoms with Gasteiger partial charge in [0.2, 0.25) is 0 Å². The smallest absolute Gasteiger partial charge is 0.369 e. The lowest BCUT2D eigenvalue weighted by Crippen LogP contribution is -2.25. The zero-order chi connectivity index (χ0) is 28.1. The lowest BCUT2D eigenvalue weighted by molar-refractivity contribution is -0.143. The molecule has 9 nitrogen and oxygen atoms in total. The summed E-state index contributed by atoms with van der Waals surface area (Å²) in [4.78, 5) is 7.38. The van der Waals surface area contributed by atoms with Crippen molar-refractivity contribution in [3.63, 3.8) is 0 Å². The van der Waals surface area contributed by atoms with E-state index < -0.39 is 23.5 Å². The number of nitrogens with zero attached hydrogens (tertiary/aromatic N) is 8. The van der Waals surface area contributed by atoms with Crippen molar-refractivity contribution in [3.8, 4) is 0 Å². The van der Waals surface area contributed by atoms with Gasteiger partial charge in [-0.3, -0.25) is 4.68 Å². The second kappa shape index (κ2) is 9.68. The molecule has 0 spiro atoms. The number of fused-ring (bicyclic) bond motifs is 1. The lowest BCUT2D eigenvalue weighted by Gasteiger charge is -2.23. The zero-order valence-corrected chi connectivity index (χ0v) is 21.3. The summed E-state index contributed by atoms with van der Waals surface area (Å²) in [6.45, 7) is 2.21. The summed E-state index contributed by atoms with van der Waals surface area (Å²) < 4.78 is 82.6. The molecule has 3 heterocycles. The summed E-state index contributed by atoms with van der Waals surface area (Å²) >= 11 is 0. The molecular weight excluding hydrogens is 528 g/mol. The van der Waals surface area contributed by atoms with Crippen molar-refractivity contribution in [1.29, 1.82) is 0 Å². The Morgan fingerprint density at radius 2 is 1.62 bits per heavy atom. The van der Waals surface area contributed by atoms with Gasteiger partial charge in [-0.15, -0.1) is 5.10 Å². The number of anilines is 2. The molecule has 1 aliphatic rings. The number of hydrogen-bond acceptors (Lipinski definition) is 7. The van der Waals surface area contributed by atoms with Crippen LogP contribution in [0.3, 0.4) is 0 Å². The molecule has 0 unspecified atom stereocenters. The standard InChI is InChI=1S/C24H25F6N9/c1-13-19-8-16(20(31-10-14-4-5-14)32-21(19)37(2)34-13)12-39(22-33-36-38(3)35-22)11-15-6-17(23(25,26)27)9-18(7-15)24(28,29)30/h6-9,14H,4-5,10-12H2,1-3H3,(H,31,32). The molecule has 208 valence electrons. The molecule has 1 aromatic carbocycles. The highest BCUT2D eigenvalue weighted by Crippen LogP contribution is 2.37. The van der Waals surface area contributed by atoms with Gasteiger partial charge in [0, 0.05) is 37.6 Å². The molecule has 0 aliphatic heterocycles. The minimum Gasteiger partial charge on any atom is -0.369 e. The van der Waals surface area contributed by atoms with Crippen LogP contribution in [0.5, 0.6) is 0 Å². The second-order valence-corrected chi connectivity index (χ2v) is 9.75. The molecule has 1 N–H and O–H groups in total. The highest BCUT2D eigenvalue weighted by molar-refractivity contribution is 5.81. The number of hydrogen-bond donors (Lipinski definition) is 1. The minimum atomic E-state index is -4.96. The molecule has 0 radical (unpaired) electrons. The van der Waals surface area contributed by atoms with Crippen molar-refractivity contribution in [3.05, 3.63) is 52.2 Å². The monoisotopic (exact) mass is 553 g/mol. The summed E-state index contributed by atoms with van der Waals surface area (Å²) in [7, 11) is 3.28. The Morgan fingerprint density at radius 3 is 2.18 bits per heavy atom. The second-order valence-electron chi connectivity index (χ2n) is 9.75. The summed E-state index contributed by atoms with van der Waals surface area (Å²) in [5, 5.41) is 20.5. The van der Waals surface area contributed by atoms with Gasteiger partial charge in [-0.2, -0.15) is 36.2 Å². The first-order chi connectivity index (χ1) is 18.3. The summed E-state index contributed by atoms with van der Waals surface area (Å²) in [5.41, 5.74) is -0.947. The number of alkyl halides is 6. The van der Waals surface area contributed by atoms with Crippen LogP contribution in [0.4, 0.5) is 38.1 Å². The molecule has 0 bridgehead atoms. The van der Waals surface area contributed by atoms with Gasteiger partial charge in [0.25, 0.3) is 5.95 Å². The van der Waals surface area contributed by atoms with E-state index in [1.54, 1.807) is 11.7 Å². The first kappa shape index (κ1) is 26.7. The molecule has 1 saturated carbocycles. The molecule has 1 fully saturated rings. The maximum atomic E-state index is 13.5. The molecule has 4 aromatic rings. The Balaban J connectivity index is 1.56. The molecule has 15 heteroatoms. The number of aromatic nitrogens is 7. The van der Waals surface area contributed by atoms with E-state index in [1.807, 2.05) is 13.0 Å². The van der Waals surface area contributed by atoms with E-state index in [4.69, 9.17) is 4.98 Å². The van der Waals surface area contributed by atoms with E-state index in [2.05, 4.69) is 25.8 Å². The average Bonchev–Trinajstić information content (AvgIpc) is 3.51. The van der Waals surface area contributed by atoms with Gasteiger partial charge < -0.3 is 10.2 Å². The van der Waals surface area contributed by atoms with Crippen LogP contribution in [0.25, 0.3) is 11.0 Å². The molecule has 0 amide bonds. The zero-order valence-electron chi connectivity index (χ0n) is 21.3. The first-order valence-corrected chi connectivity index (χ1v) is 12.1. The molecule has 1 aliphatic carbocycles. The Kier molecular flexibility index (Phi) is 6.63. The SMILES string of the molecule is Cc1nn(C)c2nc(NCC3CC3)c(CN(Cc3cc(C(F)(F)F)cc(C(F)(F)F)c3)c3nnn(C)n3)cc12. The number of rotatable bonds is 8. The predicted octanol–water partition coefficient (Wildman–Crippen LogP) is 4.87. The minimum absolute atomic E-state index is 0.0353. The van der Waals surface area contributed by atoms with E-state index >= 15 is 0 Å². The lowest BCUT2D eigenvalue weighted by atomic mass is 10.0. The van der Waals surface area contributed by atoms with E-state index in [9.17, 15) is 26.3 Å². The third kappa shape index (κ3) is 5.91. The molecule has 0 saturated heterocycles. The van der Waals surface area contributed by atoms with Gasteiger partial charge >= 0.3 is 12.4 Å². The van der Waals surface area contributed by atoms with Crippen LogP contribution in [0, 0.1) is 12.8 Å². The van der Waals surface area contributed by atoms with Crippen molar-refractivity contribution >= 4 is 22.8 Å². The quantitative estimate of drug-likeness (QED) is 0.312. The largest absolute Gasteiger partial charge is 0.416 e. The Morgan fingerprint density at radius 1 is 0.949 bits per heavy atom. The molecular formula is C24H25F6N9. The van der Waals surface area contributed by atoms with Gasteiger partial charge in [-0.05, 0) is 60.7 Å². The van der Waals surface area contributed by atoms with Crippen LogP contribution in [0.2, 0.25) is 0 Å². The maximum Gasteiger partial charge on any atom is 0.416 e. The summed E-state index contributed by atoms with van der Waals surface area (Å²) in [6.07, 6.45) is -7.72. The molecule has 39 heavy (non-hydrogen) atoms. The average molecular weight is 554 g/mol. The number of benzene rings is 1. The highest BCUT2D eigenvalue weighted by Gasteiger charge is 2.37. The highest BCUT2D eigenvalue weighted by atomic mass is 19.4. The number of nitrogens with one attached hydrogen (secondary N) is 1. The van der Waals surface area contributed by atoms with Gasteiger partial charge in [0.05, 0.1) is 23.9 Å². The fraction of sp³-hybridized carbons (Fsp3) is 0.458. The van der Waals surface area contributed by atoms with Crippen LogP contribution < -0.4 is 10.2 Å². The number of aryl methyl sites for hydroxylation is 3. The number of tetrazole rings is 1. The van der Waals surface area contributed by atoms with Crippen LogP contribution in [-0.2, 0) is 39.5 Å². The topological polar surface area (TPSA) is 89.6 Å². The van der Waals surface area contributed by atoms with Gasteiger partial charge in [0.15, 0.2) is 5.65 Å². The van der Waals surface area contributed by atoms with Gasteiger partial charge in [-0.1, -0.05) is 5.10 Å². The third-order valence-electron chi connectivity index (χ3n) is 6.50. The molecule has 3 aromatic heterocycles. The fourth-order valence-electron chi connectivity index (χ4n) is 4.36. The van der Waals surface area contributed by atoms with Crippen LogP contribution in [-0.4, -0.2) is 41.5 Å². The third-order valence-corrected chi connectivity index (χ3v) is 6.50. The Hall–Kier alpha value is -3.91. The first-order valence-electron chi connectivity index (χ1n) is 12.1. The predicted molar refractivity (Wildman–Crippen MR) is 130 cm³/mol. The van der Waals surface area contributed by atoms with Crippen molar-refractivity contribution in [1.82, 2.24) is 35.0 Å². The van der Waals surface area contributed by atoms with Crippen molar-refractivity contribution in [2.75, 3.05) is 16.8 Å². The van der Waals surface area contributed by atoms with Crippen LogP contribution in [0.1, 0.15) is 40.8 Å². The van der Waals surface area contributed by atoms with Crippen molar-refractivity contribution < 1.29 is 26.3 Å².